The van der Waals surface area contributed by atoms with Crippen LogP contribution in [0, 0.1) is 46.3 Å². The molecule has 6 N–H and O–H groups in total. The summed E-state index contributed by atoms with van der Waals surface area (Å²) in [5, 5.41) is 30.9. The van der Waals surface area contributed by atoms with E-state index in [1.165, 1.54) is 12.8 Å². The standard InChI is InChI=1S/C33H61N3O4/c1-21(2)40-30(39)11-8-22(3)25-9-10-26-31-27(20-29(38)33(25,26)5)32(4)13-12-24(18-23(32)19-28(31)37)36-17-7-16-35-15-6-14-34/h21-29,31,35-38H,6-20,34H2,1-5H3/t22-,23?,24+,25?,26?,27?,28-,29+,31?,32+,33-/m1/s1. The first-order valence-corrected chi connectivity index (χ1v) is 16.7. The van der Waals surface area contributed by atoms with E-state index in [1.807, 2.05) is 13.8 Å². The Balaban J connectivity index is 1.36. The molecule has 0 amide bonds. The van der Waals surface area contributed by atoms with Crippen LogP contribution in [0.1, 0.15) is 105 Å². The number of nitrogens with one attached hydrogen (secondary N) is 2. The fourth-order valence-electron chi connectivity index (χ4n) is 10.1. The monoisotopic (exact) mass is 563 g/mol. The molecule has 7 nitrogen and oxygen atoms in total. The number of aliphatic hydroxyl groups is 2. The third-order valence-electron chi connectivity index (χ3n) is 12.2. The Bertz CT molecular complexity index is 826. The van der Waals surface area contributed by atoms with Crippen LogP contribution < -0.4 is 16.4 Å². The topological polar surface area (TPSA) is 117 Å². The van der Waals surface area contributed by atoms with Gasteiger partial charge in [0.1, 0.15) is 0 Å². The Morgan fingerprint density at radius 3 is 2.48 bits per heavy atom. The minimum atomic E-state index is -0.346. The van der Waals surface area contributed by atoms with Crippen LogP contribution in [0.5, 0.6) is 0 Å². The van der Waals surface area contributed by atoms with Gasteiger partial charge < -0.3 is 31.3 Å². The Morgan fingerprint density at radius 1 is 1.00 bits per heavy atom. The van der Waals surface area contributed by atoms with Crippen molar-refractivity contribution in [3.8, 4) is 0 Å². The van der Waals surface area contributed by atoms with Crippen LogP contribution in [-0.4, -0.2) is 66.7 Å². The Hall–Kier alpha value is -0.730. The highest BCUT2D eigenvalue weighted by molar-refractivity contribution is 5.69. The predicted molar refractivity (Wildman–Crippen MR) is 161 cm³/mol. The molecule has 4 aliphatic rings. The molecule has 0 aromatic heterocycles. The van der Waals surface area contributed by atoms with E-state index in [1.54, 1.807) is 0 Å². The molecule has 0 saturated heterocycles. The molecule has 0 aliphatic heterocycles. The molecule has 0 radical (unpaired) electrons. The fourth-order valence-corrected chi connectivity index (χ4v) is 10.1. The van der Waals surface area contributed by atoms with E-state index in [0.717, 1.165) is 77.5 Å². The third kappa shape index (κ3) is 6.59. The summed E-state index contributed by atoms with van der Waals surface area (Å²) in [7, 11) is 0. The van der Waals surface area contributed by atoms with Crippen LogP contribution in [0.25, 0.3) is 0 Å². The molecule has 0 aromatic carbocycles. The first-order valence-electron chi connectivity index (χ1n) is 16.7. The van der Waals surface area contributed by atoms with Crippen LogP contribution in [0.15, 0.2) is 0 Å². The highest BCUT2D eigenvalue weighted by atomic mass is 16.5. The third-order valence-corrected chi connectivity index (χ3v) is 12.2. The maximum Gasteiger partial charge on any atom is 0.306 e. The van der Waals surface area contributed by atoms with Crippen LogP contribution in [-0.2, 0) is 9.53 Å². The van der Waals surface area contributed by atoms with Crippen molar-refractivity contribution in [2.45, 2.75) is 130 Å². The van der Waals surface area contributed by atoms with E-state index < -0.39 is 0 Å². The Morgan fingerprint density at radius 2 is 1.75 bits per heavy atom. The molecule has 0 bridgehead atoms. The van der Waals surface area contributed by atoms with Gasteiger partial charge in [-0.15, -0.1) is 0 Å². The van der Waals surface area contributed by atoms with Crippen molar-refractivity contribution in [2.24, 2.45) is 52.1 Å². The molecule has 7 heteroatoms. The van der Waals surface area contributed by atoms with Gasteiger partial charge in [0.2, 0.25) is 0 Å². The van der Waals surface area contributed by atoms with Crippen LogP contribution in [0.2, 0.25) is 0 Å². The minimum absolute atomic E-state index is 0.0778. The van der Waals surface area contributed by atoms with Gasteiger partial charge in [-0.3, -0.25) is 4.79 Å². The lowest BCUT2D eigenvalue weighted by atomic mass is 9.43. The summed E-state index contributed by atoms with van der Waals surface area (Å²) in [5.74, 6) is 2.14. The number of esters is 1. The van der Waals surface area contributed by atoms with Gasteiger partial charge in [0, 0.05) is 12.5 Å². The summed E-state index contributed by atoms with van der Waals surface area (Å²) in [6, 6.07) is 0.531. The second kappa shape index (κ2) is 13.7. The zero-order valence-electron chi connectivity index (χ0n) is 26.2. The molecule has 0 aromatic rings. The van der Waals surface area contributed by atoms with Gasteiger partial charge in [-0.05, 0) is 151 Å². The van der Waals surface area contributed by atoms with Gasteiger partial charge in [-0.25, -0.2) is 0 Å². The maximum atomic E-state index is 12.2. The Kier molecular flexibility index (Phi) is 11.0. The van der Waals surface area contributed by atoms with E-state index in [2.05, 4.69) is 31.4 Å². The van der Waals surface area contributed by atoms with Gasteiger partial charge >= 0.3 is 5.97 Å². The SMILES string of the molecule is CC(C)OC(=O)CC[C@@H](C)C1CCC2C3C(C[C@H](O)[C@@]21C)[C@@]1(C)CC[C@H](NCCCNCCCN)CC1C[C@H]3O. The molecule has 4 aliphatic carbocycles. The van der Waals surface area contributed by atoms with Crippen molar-refractivity contribution in [2.75, 3.05) is 26.2 Å². The fraction of sp³-hybridized carbons (Fsp3) is 0.970. The average Bonchev–Trinajstić information content (AvgIpc) is 3.26. The molecule has 0 heterocycles. The number of carbonyl (C=O) groups excluding carboxylic acids is 1. The quantitative estimate of drug-likeness (QED) is 0.168. The number of carbonyl (C=O) groups is 1. The summed E-state index contributed by atoms with van der Waals surface area (Å²) >= 11 is 0. The van der Waals surface area contributed by atoms with Crippen molar-refractivity contribution >= 4 is 5.97 Å². The summed E-state index contributed by atoms with van der Waals surface area (Å²) in [5.41, 5.74) is 5.58. The van der Waals surface area contributed by atoms with E-state index in [0.29, 0.717) is 42.1 Å². The first-order chi connectivity index (χ1) is 19.0. The summed E-state index contributed by atoms with van der Waals surface area (Å²) in [4.78, 5) is 12.2. The number of fused-ring (bicyclic) bond motifs is 5. The first kappa shape index (κ1) is 32.2. The van der Waals surface area contributed by atoms with E-state index in [-0.39, 0.29) is 41.0 Å². The maximum absolute atomic E-state index is 12.2. The smallest absolute Gasteiger partial charge is 0.306 e. The molecule has 5 unspecified atom stereocenters. The number of nitrogens with two attached hydrogens (primary N) is 1. The second-order valence-electron chi connectivity index (χ2n) is 14.8. The Labute approximate surface area is 244 Å². The van der Waals surface area contributed by atoms with Gasteiger partial charge in [0.05, 0.1) is 18.3 Å². The molecule has 4 fully saturated rings. The zero-order valence-corrected chi connectivity index (χ0v) is 26.2. The lowest BCUT2D eigenvalue weighted by Crippen LogP contribution is -2.62. The molecule has 11 atom stereocenters. The van der Waals surface area contributed by atoms with Gasteiger partial charge in [0.15, 0.2) is 0 Å². The number of hydrogen-bond acceptors (Lipinski definition) is 7. The summed E-state index contributed by atoms with van der Waals surface area (Å²) < 4.78 is 5.38. The molecule has 4 rings (SSSR count). The van der Waals surface area contributed by atoms with Crippen LogP contribution in [0.3, 0.4) is 0 Å². The normalized spacial score (nSPS) is 41.7. The second-order valence-corrected chi connectivity index (χ2v) is 14.8. The number of rotatable bonds is 13. The number of hydrogen-bond donors (Lipinski definition) is 5. The molecule has 40 heavy (non-hydrogen) atoms. The molecular formula is C33H61N3O4. The van der Waals surface area contributed by atoms with Crippen LogP contribution >= 0.6 is 0 Å². The van der Waals surface area contributed by atoms with E-state index in [4.69, 9.17) is 10.5 Å². The van der Waals surface area contributed by atoms with Gasteiger partial charge in [-0.1, -0.05) is 20.8 Å². The highest BCUT2D eigenvalue weighted by Crippen LogP contribution is 2.68. The largest absolute Gasteiger partial charge is 0.463 e. The number of aliphatic hydroxyl groups excluding tert-OH is 2. The van der Waals surface area contributed by atoms with Gasteiger partial charge in [-0.2, -0.15) is 0 Å². The van der Waals surface area contributed by atoms with E-state index in [9.17, 15) is 15.0 Å². The summed E-state index contributed by atoms with van der Waals surface area (Å²) in [6.45, 7) is 14.7. The predicted octanol–water partition coefficient (Wildman–Crippen LogP) is 4.24. The highest BCUT2D eigenvalue weighted by Gasteiger charge is 2.65. The van der Waals surface area contributed by atoms with Gasteiger partial charge in [0.25, 0.3) is 0 Å². The summed E-state index contributed by atoms with van der Waals surface area (Å²) in [6.07, 6.45) is 10.1. The minimum Gasteiger partial charge on any atom is -0.463 e. The zero-order chi connectivity index (χ0) is 29.1. The molecule has 232 valence electrons. The van der Waals surface area contributed by atoms with Crippen LogP contribution in [0.4, 0.5) is 0 Å². The molecular weight excluding hydrogens is 502 g/mol. The van der Waals surface area contributed by atoms with Crippen molar-refractivity contribution in [3.63, 3.8) is 0 Å². The lowest BCUT2D eigenvalue weighted by Gasteiger charge is -2.63. The number of ether oxygens (including phenoxy) is 1. The van der Waals surface area contributed by atoms with Crippen molar-refractivity contribution < 1.29 is 19.7 Å². The van der Waals surface area contributed by atoms with E-state index >= 15 is 0 Å². The lowest BCUT2D eigenvalue weighted by molar-refractivity contribution is -0.202. The van der Waals surface area contributed by atoms with Crippen molar-refractivity contribution in [1.29, 1.82) is 0 Å². The average molecular weight is 564 g/mol. The van der Waals surface area contributed by atoms with Crippen molar-refractivity contribution in [1.82, 2.24) is 10.6 Å². The molecule has 4 saturated carbocycles. The van der Waals surface area contributed by atoms with Crippen molar-refractivity contribution in [3.05, 3.63) is 0 Å². The molecule has 0 spiro atoms.